The van der Waals surface area contributed by atoms with Gasteiger partial charge in [0.05, 0.1) is 16.3 Å². The standard InChI is InChI=1S/C27H21BrF3NO8/c28-17-10-19(34)23-16(24(17)37)9-14-12(21(23)15-8-11(3-6-18(15)33)40-27(29,30)31)4-5-13-22(14)26(39)32(25(13)38)7-1-2-20(35)36/h3-4,6,8,10,13-14,21-22,33H,1-2,5,7,9H2,(H,35,36)/t13-,14+,21+,22-/m0/s1. The molecule has 1 fully saturated rings. The molecule has 210 valence electrons. The van der Waals surface area contributed by atoms with Gasteiger partial charge in [0, 0.05) is 41.7 Å². The number of carboxylic acid groups (broad SMARTS) is 1. The zero-order valence-corrected chi connectivity index (χ0v) is 22.1. The molecule has 3 aliphatic carbocycles. The molecule has 4 atom stereocenters. The van der Waals surface area contributed by atoms with Gasteiger partial charge in [0.25, 0.3) is 0 Å². The Morgan fingerprint density at radius 1 is 1.12 bits per heavy atom. The number of benzene rings is 1. The number of allylic oxidation sites excluding steroid dienone is 6. The number of carbonyl (C=O) groups excluding carboxylic acids is 4. The van der Waals surface area contributed by atoms with Crippen LogP contribution in [0.25, 0.3) is 0 Å². The van der Waals surface area contributed by atoms with E-state index in [1.165, 1.54) is 0 Å². The minimum atomic E-state index is -5.03. The number of ketones is 2. The lowest BCUT2D eigenvalue weighted by atomic mass is 9.59. The third kappa shape index (κ3) is 4.76. The normalized spacial score (nSPS) is 26.2. The Bertz CT molecular complexity index is 1460. The highest BCUT2D eigenvalue weighted by atomic mass is 79.9. The van der Waals surface area contributed by atoms with Gasteiger partial charge in [-0.25, -0.2) is 0 Å². The number of Topliss-reactive ketones (excluding diaryl/α,β-unsaturated/α-hetero) is 1. The summed E-state index contributed by atoms with van der Waals surface area (Å²) in [5.41, 5.74) is 0.328. The highest BCUT2D eigenvalue weighted by molar-refractivity contribution is 9.12. The Labute approximate surface area is 233 Å². The zero-order chi connectivity index (χ0) is 29.1. The molecule has 0 unspecified atom stereocenters. The van der Waals surface area contributed by atoms with Crippen LogP contribution in [-0.4, -0.2) is 57.4 Å². The Balaban J connectivity index is 1.61. The minimum absolute atomic E-state index is 0.0244. The molecule has 0 saturated carbocycles. The molecule has 0 bridgehead atoms. The monoisotopic (exact) mass is 623 g/mol. The fraction of sp³-hybridized carbons (Fsp3) is 0.370. The number of imide groups is 1. The second-order valence-electron chi connectivity index (χ2n) is 9.99. The highest BCUT2D eigenvalue weighted by Gasteiger charge is 2.56. The summed E-state index contributed by atoms with van der Waals surface area (Å²) in [7, 11) is 0. The second kappa shape index (κ2) is 10.0. The Kier molecular flexibility index (Phi) is 6.97. The number of aliphatic carboxylic acids is 1. The number of nitrogens with zero attached hydrogens (tertiary/aromatic N) is 1. The molecule has 1 heterocycles. The number of carboxylic acids is 1. The first-order chi connectivity index (χ1) is 18.8. The number of halogens is 4. The van der Waals surface area contributed by atoms with Crippen molar-refractivity contribution in [3.05, 3.63) is 57.1 Å². The van der Waals surface area contributed by atoms with E-state index in [-0.39, 0.29) is 53.4 Å². The lowest BCUT2D eigenvalue weighted by Crippen LogP contribution is -2.39. The number of amides is 2. The van der Waals surface area contributed by atoms with E-state index in [1.54, 1.807) is 6.08 Å². The zero-order valence-electron chi connectivity index (χ0n) is 20.5. The summed E-state index contributed by atoms with van der Waals surface area (Å²) in [6.45, 7) is -0.0975. The fourth-order valence-electron chi connectivity index (χ4n) is 6.20. The molecule has 0 aromatic heterocycles. The molecule has 1 aliphatic heterocycles. The number of fused-ring (bicyclic) bond motifs is 3. The van der Waals surface area contributed by atoms with Crippen LogP contribution in [0.3, 0.4) is 0 Å². The van der Waals surface area contributed by atoms with E-state index in [4.69, 9.17) is 5.11 Å². The molecule has 2 N–H and O–H groups in total. The van der Waals surface area contributed by atoms with Gasteiger partial charge in [-0.05, 0) is 59.3 Å². The number of ether oxygens (including phenoxy) is 1. The van der Waals surface area contributed by atoms with Crippen molar-refractivity contribution < 1.29 is 52.1 Å². The number of aromatic hydroxyl groups is 1. The molecule has 1 aromatic carbocycles. The van der Waals surface area contributed by atoms with Crippen molar-refractivity contribution in [2.24, 2.45) is 17.8 Å². The fourth-order valence-corrected chi connectivity index (χ4v) is 6.64. The van der Waals surface area contributed by atoms with Crippen molar-refractivity contribution >= 4 is 45.3 Å². The molecular weight excluding hydrogens is 603 g/mol. The van der Waals surface area contributed by atoms with E-state index in [9.17, 15) is 42.3 Å². The van der Waals surface area contributed by atoms with Crippen LogP contribution in [0, 0.1) is 17.8 Å². The van der Waals surface area contributed by atoms with Crippen molar-refractivity contribution in [3.63, 3.8) is 0 Å². The molecular formula is C27H21BrF3NO8. The van der Waals surface area contributed by atoms with Crippen molar-refractivity contribution in [2.75, 3.05) is 6.54 Å². The van der Waals surface area contributed by atoms with E-state index in [1.807, 2.05) is 0 Å². The predicted octanol–water partition coefficient (Wildman–Crippen LogP) is 3.92. The van der Waals surface area contributed by atoms with Gasteiger partial charge in [-0.1, -0.05) is 11.6 Å². The van der Waals surface area contributed by atoms with Crippen LogP contribution < -0.4 is 4.74 Å². The number of alkyl halides is 3. The minimum Gasteiger partial charge on any atom is -0.508 e. The summed E-state index contributed by atoms with van der Waals surface area (Å²) < 4.78 is 42.9. The van der Waals surface area contributed by atoms with Crippen LogP contribution in [-0.2, 0) is 24.0 Å². The van der Waals surface area contributed by atoms with Crippen LogP contribution in [0.5, 0.6) is 11.5 Å². The van der Waals surface area contributed by atoms with Crippen LogP contribution in [0.15, 0.2) is 51.6 Å². The van der Waals surface area contributed by atoms with Crippen molar-refractivity contribution in [1.29, 1.82) is 0 Å². The number of hydrogen-bond acceptors (Lipinski definition) is 7. The Morgan fingerprint density at radius 2 is 1.85 bits per heavy atom. The number of rotatable bonds is 6. The third-order valence-electron chi connectivity index (χ3n) is 7.74. The van der Waals surface area contributed by atoms with Gasteiger partial charge < -0.3 is 14.9 Å². The molecule has 4 aliphatic rings. The van der Waals surface area contributed by atoms with Crippen LogP contribution >= 0.6 is 15.9 Å². The summed E-state index contributed by atoms with van der Waals surface area (Å²) >= 11 is 3.08. The number of phenolic OH excluding ortho intramolecular Hbond substituents is 1. The van der Waals surface area contributed by atoms with Gasteiger partial charge >= 0.3 is 12.3 Å². The maximum atomic E-state index is 13.5. The molecule has 0 radical (unpaired) electrons. The first-order valence-electron chi connectivity index (χ1n) is 12.3. The highest BCUT2D eigenvalue weighted by Crippen LogP contribution is 2.56. The van der Waals surface area contributed by atoms with Crippen molar-refractivity contribution in [3.8, 4) is 11.5 Å². The summed E-state index contributed by atoms with van der Waals surface area (Å²) in [6, 6.07) is 2.84. The van der Waals surface area contributed by atoms with Gasteiger partial charge in [-0.3, -0.25) is 28.9 Å². The van der Waals surface area contributed by atoms with E-state index < -0.39 is 70.9 Å². The van der Waals surface area contributed by atoms with Gasteiger partial charge in [0.1, 0.15) is 11.5 Å². The Hall–Kier alpha value is -3.74. The molecule has 9 nitrogen and oxygen atoms in total. The van der Waals surface area contributed by atoms with E-state index >= 15 is 0 Å². The molecule has 13 heteroatoms. The van der Waals surface area contributed by atoms with Gasteiger partial charge in [-0.15, -0.1) is 13.2 Å². The molecule has 1 aromatic rings. The van der Waals surface area contributed by atoms with E-state index in [0.29, 0.717) is 5.57 Å². The number of likely N-dealkylation sites (tertiary alicyclic amines) is 1. The van der Waals surface area contributed by atoms with Crippen LogP contribution in [0.2, 0.25) is 0 Å². The molecule has 40 heavy (non-hydrogen) atoms. The summed E-state index contributed by atoms with van der Waals surface area (Å²) in [4.78, 5) is 65.0. The topological polar surface area (TPSA) is 138 Å². The van der Waals surface area contributed by atoms with E-state index in [2.05, 4.69) is 20.7 Å². The second-order valence-corrected chi connectivity index (χ2v) is 10.8. The maximum Gasteiger partial charge on any atom is 0.573 e. The summed E-state index contributed by atoms with van der Waals surface area (Å²) in [6.07, 6.45) is -2.51. The lowest BCUT2D eigenvalue weighted by molar-refractivity contribution is -0.274. The van der Waals surface area contributed by atoms with Gasteiger partial charge in [-0.2, -0.15) is 0 Å². The Morgan fingerprint density at radius 3 is 2.52 bits per heavy atom. The first kappa shape index (κ1) is 27.8. The van der Waals surface area contributed by atoms with Crippen molar-refractivity contribution in [2.45, 2.75) is 38.0 Å². The SMILES string of the molecule is O=C(O)CCCN1C(=O)[C@H]2[C@H](CC=C3[C@H](c4cc(OC(F)(F)F)ccc4O)C4=C(C[C@H]32)C(=O)C(Br)=CC4=O)C1=O. The lowest BCUT2D eigenvalue weighted by Gasteiger charge is -2.42. The quantitative estimate of drug-likeness (QED) is 0.276. The largest absolute Gasteiger partial charge is 0.573 e. The average Bonchev–Trinajstić information content (AvgIpc) is 3.11. The van der Waals surface area contributed by atoms with Gasteiger partial charge in [0.2, 0.25) is 11.8 Å². The van der Waals surface area contributed by atoms with Crippen LogP contribution in [0.4, 0.5) is 13.2 Å². The number of phenols is 1. The number of hydrogen-bond donors (Lipinski definition) is 2. The third-order valence-corrected chi connectivity index (χ3v) is 8.33. The van der Waals surface area contributed by atoms with Crippen LogP contribution in [0.1, 0.15) is 37.2 Å². The molecule has 2 amide bonds. The van der Waals surface area contributed by atoms with Gasteiger partial charge in [0.15, 0.2) is 11.6 Å². The summed E-state index contributed by atoms with van der Waals surface area (Å²) in [5, 5.41) is 19.7. The molecule has 5 rings (SSSR count). The predicted molar refractivity (Wildman–Crippen MR) is 133 cm³/mol. The first-order valence-corrected chi connectivity index (χ1v) is 13.1. The summed E-state index contributed by atoms with van der Waals surface area (Å²) in [5.74, 6) is -7.98. The molecule has 1 saturated heterocycles. The maximum absolute atomic E-state index is 13.5. The average molecular weight is 624 g/mol. The smallest absolute Gasteiger partial charge is 0.508 e. The molecule has 0 spiro atoms. The van der Waals surface area contributed by atoms with Crippen molar-refractivity contribution in [1.82, 2.24) is 4.90 Å². The van der Waals surface area contributed by atoms with E-state index in [0.717, 1.165) is 29.2 Å². The number of carbonyl (C=O) groups is 5.